The van der Waals surface area contributed by atoms with Gasteiger partial charge in [0.05, 0.1) is 5.54 Å². The van der Waals surface area contributed by atoms with Gasteiger partial charge in [-0.1, -0.05) is 0 Å². The number of amides is 1. The largest absolute Gasteiger partial charge is 0.341 e. The van der Waals surface area contributed by atoms with Crippen molar-refractivity contribution in [2.75, 3.05) is 7.05 Å². The van der Waals surface area contributed by atoms with E-state index in [-0.39, 0.29) is 5.91 Å². The smallest absolute Gasteiger partial charge is 0.242 e. The van der Waals surface area contributed by atoms with Gasteiger partial charge in [-0.25, -0.2) is 0 Å². The molecule has 1 unspecified atom stereocenters. The Balaban J connectivity index is 2.55. The van der Waals surface area contributed by atoms with Crippen LogP contribution in [0.3, 0.4) is 0 Å². The molecule has 2 N–H and O–H groups in total. The third kappa shape index (κ3) is 2.44. The third-order valence-electron chi connectivity index (χ3n) is 2.79. The lowest BCUT2D eigenvalue weighted by atomic mass is 10.0. The molecule has 0 aromatic carbocycles. The number of likely N-dealkylation sites (N-methyl/N-ethyl adjacent to an activating group) is 1. The van der Waals surface area contributed by atoms with Gasteiger partial charge in [0.15, 0.2) is 0 Å². The molecule has 0 aromatic heterocycles. The summed E-state index contributed by atoms with van der Waals surface area (Å²) in [5.41, 5.74) is 5.01. The minimum atomic E-state index is -0.738. The molecule has 0 bridgehead atoms. The van der Waals surface area contributed by atoms with Crippen LogP contribution in [0.25, 0.3) is 0 Å². The van der Waals surface area contributed by atoms with Crippen molar-refractivity contribution in [2.45, 2.75) is 45.2 Å². The van der Waals surface area contributed by atoms with Crippen molar-refractivity contribution in [1.29, 1.82) is 0 Å². The molecule has 3 heteroatoms. The lowest BCUT2D eigenvalue weighted by Crippen LogP contribution is -2.52. The van der Waals surface area contributed by atoms with E-state index in [1.807, 2.05) is 7.05 Å². The van der Waals surface area contributed by atoms with Gasteiger partial charge in [-0.05, 0) is 39.5 Å². The molecule has 1 rings (SSSR count). The van der Waals surface area contributed by atoms with E-state index in [0.717, 1.165) is 0 Å². The van der Waals surface area contributed by atoms with Crippen LogP contribution in [0.15, 0.2) is 0 Å². The van der Waals surface area contributed by atoms with Crippen molar-refractivity contribution in [3.63, 3.8) is 0 Å². The van der Waals surface area contributed by atoms with E-state index in [1.165, 1.54) is 12.8 Å². The highest BCUT2D eigenvalue weighted by molar-refractivity contribution is 5.85. The van der Waals surface area contributed by atoms with Crippen molar-refractivity contribution >= 4 is 5.91 Å². The van der Waals surface area contributed by atoms with Crippen molar-refractivity contribution in [1.82, 2.24) is 4.90 Å². The number of carbonyl (C=O) groups excluding carboxylic acids is 1. The molecule has 1 atom stereocenters. The predicted octanol–water partition coefficient (Wildman–Crippen LogP) is 0.981. The van der Waals surface area contributed by atoms with Gasteiger partial charge in [0, 0.05) is 13.1 Å². The van der Waals surface area contributed by atoms with Gasteiger partial charge in [0.2, 0.25) is 5.91 Å². The number of nitrogens with zero attached hydrogens (tertiary/aromatic N) is 1. The van der Waals surface area contributed by atoms with E-state index < -0.39 is 5.54 Å². The van der Waals surface area contributed by atoms with Crippen molar-refractivity contribution in [3.05, 3.63) is 0 Å². The van der Waals surface area contributed by atoms with Crippen LogP contribution >= 0.6 is 0 Å². The van der Waals surface area contributed by atoms with E-state index in [1.54, 1.807) is 18.7 Å². The Hall–Kier alpha value is -0.570. The van der Waals surface area contributed by atoms with Crippen molar-refractivity contribution in [3.8, 4) is 0 Å². The first-order valence-electron chi connectivity index (χ1n) is 4.90. The third-order valence-corrected chi connectivity index (χ3v) is 2.79. The van der Waals surface area contributed by atoms with Crippen LogP contribution in [0.1, 0.15) is 33.6 Å². The minimum absolute atomic E-state index is 0.0342. The Labute approximate surface area is 80.3 Å². The minimum Gasteiger partial charge on any atom is -0.341 e. The standard InChI is InChI=1S/C10H20N2O/c1-7(8-5-6-8)12(4)9(13)10(2,3)11/h7-8H,5-6,11H2,1-4H3. The quantitative estimate of drug-likeness (QED) is 0.710. The van der Waals surface area contributed by atoms with Crippen LogP contribution in [-0.2, 0) is 4.79 Å². The molecule has 3 nitrogen and oxygen atoms in total. The van der Waals surface area contributed by atoms with E-state index >= 15 is 0 Å². The lowest BCUT2D eigenvalue weighted by molar-refractivity contribution is -0.136. The van der Waals surface area contributed by atoms with E-state index in [2.05, 4.69) is 6.92 Å². The highest BCUT2D eigenvalue weighted by Gasteiger charge is 2.35. The number of nitrogens with two attached hydrogens (primary N) is 1. The monoisotopic (exact) mass is 184 g/mol. The van der Waals surface area contributed by atoms with E-state index in [4.69, 9.17) is 5.73 Å². The molecule has 13 heavy (non-hydrogen) atoms. The number of hydrogen-bond donors (Lipinski definition) is 1. The van der Waals surface area contributed by atoms with Crippen molar-refractivity contribution < 1.29 is 4.79 Å². The van der Waals surface area contributed by atoms with Crippen LogP contribution in [0.5, 0.6) is 0 Å². The van der Waals surface area contributed by atoms with Gasteiger partial charge in [0.25, 0.3) is 0 Å². The average molecular weight is 184 g/mol. The number of hydrogen-bond acceptors (Lipinski definition) is 2. The molecule has 1 fully saturated rings. The molecule has 0 aliphatic heterocycles. The van der Waals surface area contributed by atoms with Gasteiger partial charge in [0.1, 0.15) is 0 Å². The fourth-order valence-electron chi connectivity index (χ4n) is 1.53. The van der Waals surface area contributed by atoms with Crippen LogP contribution in [0.4, 0.5) is 0 Å². The fraction of sp³-hybridized carbons (Fsp3) is 0.900. The van der Waals surface area contributed by atoms with Crippen LogP contribution in [0, 0.1) is 5.92 Å². The van der Waals surface area contributed by atoms with Crippen LogP contribution in [0.2, 0.25) is 0 Å². The van der Waals surface area contributed by atoms with Gasteiger partial charge < -0.3 is 10.6 Å². The maximum atomic E-state index is 11.7. The summed E-state index contributed by atoms with van der Waals surface area (Å²) in [5.74, 6) is 0.739. The Bertz CT molecular complexity index is 203. The van der Waals surface area contributed by atoms with Gasteiger partial charge in [-0.2, -0.15) is 0 Å². The number of rotatable bonds is 3. The van der Waals surface area contributed by atoms with Crippen LogP contribution < -0.4 is 5.73 Å². The molecular weight excluding hydrogens is 164 g/mol. The summed E-state index contributed by atoms with van der Waals surface area (Å²) in [7, 11) is 1.85. The predicted molar refractivity (Wildman–Crippen MR) is 53.2 cm³/mol. The first-order chi connectivity index (χ1) is 5.84. The van der Waals surface area contributed by atoms with Gasteiger partial charge in [-0.15, -0.1) is 0 Å². The normalized spacial score (nSPS) is 19.8. The molecule has 76 valence electrons. The van der Waals surface area contributed by atoms with Crippen molar-refractivity contribution in [2.24, 2.45) is 11.7 Å². The maximum Gasteiger partial charge on any atom is 0.242 e. The fourth-order valence-corrected chi connectivity index (χ4v) is 1.53. The zero-order chi connectivity index (χ0) is 10.2. The SMILES string of the molecule is CC(C1CC1)N(C)C(=O)C(C)(C)N. The Kier molecular flexibility index (Phi) is 2.66. The summed E-state index contributed by atoms with van der Waals surface area (Å²) in [4.78, 5) is 13.5. The Morgan fingerprint density at radius 2 is 2.00 bits per heavy atom. The first kappa shape index (κ1) is 10.5. The molecule has 0 heterocycles. The Morgan fingerprint density at radius 1 is 1.54 bits per heavy atom. The second-order valence-corrected chi connectivity index (χ2v) is 4.72. The molecule has 1 amide bonds. The van der Waals surface area contributed by atoms with Gasteiger partial charge in [-0.3, -0.25) is 4.79 Å². The van der Waals surface area contributed by atoms with Crippen LogP contribution in [-0.4, -0.2) is 29.4 Å². The topological polar surface area (TPSA) is 46.3 Å². The molecule has 0 spiro atoms. The summed E-state index contributed by atoms with van der Waals surface area (Å²) in [5, 5.41) is 0. The number of carbonyl (C=O) groups is 1. The molecule has 1 aliphatic rings. The molecular formula is C10H20N2O. The van der Waals surface area contributed by atoms with E-state index in [0.29, 0.717) is 12.0 Å². The molecule has 0 saturated heterocycles. The zero-order valence-corrected chi connectivity index (χ0v) is 9.00. The molecule has 1 aliphatic carbocycles. The summed E-state index contributed by atoms with van der Waals surface area (Å²) >= 11 is 0. The lowest BCUT2D eigenvalue weighted by Gasteiger charge is -2.30. The highest BCUT2D eigenvalue weighted by atomic mass is 16.2. The second-order valence-electron chi connectivity index (χ2n) is 4.72. The second kappa shape index (κ2) is 3.29. The van der Waals surface area contributed by atoms with Gasteiger partial charge >= 0.3 is 0 Å². The first-order valence-corrected chi connectivity index (χ1v) is 4.90. The van der Waals surface area contributed by atoms with E-state index in [9.17, 15) is 4.79 Å². The summed E-state index contributed by atoms with van der Waals surface area (Å²) in [6, 6.07) is 0.343. The maximum absolute atomic E-state index is 11.7. The Morgan fingerprint density at radius 3 is 2.31 bits per heavy atom. The summed E-state index contributed by atoms with van der Waals surface area (Å²) in [6.07, 6.45) is 2.51. The molecule has 0 radical (unpaired) electrons. The molecule has 0 aromatic rings. The summed E-state index contributed by atoms with van der Waals surface area (Å²) in [6.45, 7) is 5.61. The average Bonchev–Trinajstić information content (AvgIpc) is 2.81. The summed E-state index contributed by atoms with van der Waals surface area (Å²) < 4.78 is 0. The molecule has 1 saturated carbocycles. The highest BCUT2D eigenvalue weighted by Crippen LogP contribution is 2.35. The zero-order valence-electron chi connectivity index (χ0n) is 9.00.